The number of amidine groups is 1. The lowest BCUT2D eigenvalue weighted by atomic mass is 9.82. The van der Waals surface area contributed by atoms with Crippen molar-refractivity contribution in [2.75, 3.05) is 32.1 Å². The fourth-order valence-corrected chi connectivity index (χ4v) is 6.74. The average molecular weight is 439 g/mol. The van der Waals surface area contributed by atoms with Crippen molar-refractivity contribution in [1.82, 2.24) is 4.90 Å². The number of aliphatic imine (C=N–C) groups is 1. The van der Waals surface area contributed by atoms with Gasteiger partial charge in [0.15, 0.2) is 5.17 Å². The van der Waals surface area contributed by atoms with E-state index in [0.717, 1.165) is 41.4 Å². The predicted molar refractivity (Wildman–Crippen MR) is 129 cm³/mol. The third-order valence-corrected chi connectivity index (χ3v) is 8.67. The standard InChI is InChI=1S/C25H30N2O3S/c1-4-25(2,3)23(31-17-22(29)26-24(31)27-12-14-30-15-13-27)20-7-5-6-19(16-20)18-8-10-21(28)11-9-18/h5-11,16,28H,4,12-15,17H2,1-3H3. The number of rotatable bonds is 4. The Hall–Kier alpha value is -2.44. The Balaban J connectivity index is 1.84. The van der Waals surface area contributed by atoms with Crippen LogP contribution in [0.3, 0.4) is 0 Å². The van der Waals surface area contributed by atoms with E-state index < -0.39 is 0 Å². The van der Waals surface area contributed by atoms with Crippen molar-refractivity contribution in [1.29, 1.82) is 0 Å². The predicted octanol–water partition coefficient (Wildman–Crippen LogP) is 4.51. The number of nitrogens with zero attached hydrogens (tertiary/aromatic N) is 2. The molecule has 2 heterocycles. The number of morpholine rings is 1. The van der Waals surface area contributed by atoms with Gasteiger partial charge >= 0.3 is 0 Å². The Morgan fingerprint density at radius 1 is 1.13 bits per heavy atom. The van der Waals surface area contributed by atoms with Gasteiger partial charge < -0.3 is 14.7 Å². The summed E-state index contributed by atoms with van der Waals surface area (Å²) < 4.78 is 5.52. The van der Waals surface area contributed by atoms with Crippen LogP contribution in [0.15, 0.2) is 53.5 Å². The van der Waals surface area contributed by atoms with Crippen molar-refractivity contribution in [3.05, 3.63) is 54.1 Å². The third-order valence-electron chi connectivity index (χ3n) is 6.06. The molecule has 4 rings (SSSR count). The van der Waals surface area contributed by atoms with E-state index in [-0.39, 0.29) is 27.6 Å². The molecule has 164 valence electrons. The van der Waals surface area contributed by atoms with E-state index in [4.69, 9.17) is 4.74 Å². The van der Waals surface area contributed by atoms with Gasteiger partial charge in [0.25, 0.3) is 5.91 Å². The van der Waals surface area contributed by atoms with E-state index in [0.29, 0.717) is 19.0 Å². The lowest BCUT2D eigenvalue weighted by molar-refractivity contribution is -0.115. The summed E-state index contributed by atoms with van der Waals surface area (Å²) in [6, 6.07) is 15.8. The molecule has 2 aromatic carbocycles. The molecule has 1 N–H and O–H groups in total. The molecule has 1 saturated heterocycles. The normalized spacial score (nSPS) is 20.0. The summed E-state index contributed by atoms with van der Waals surface area (Å²) >= 11 is 0. The molecule has 0 bridgehead atoms. The summed E-state index contributed by atoms with van der Waals surface area (Å²) in [7, 11) is -0.372. The second-order valence-electron chi connectivity index (χ2n) is 8.62. The van der Waals surface area contributed by atoms with Crippen LogP contribution in [0.5, 0.6) is 5.75 Å². The Labute approximate surface area is 186 Å². The van der Waals surface area contributed by atoms with Crippen molar-refractivity contribution in [3.8, 4) is 16.9 Å². The number of benzene rings is 2. The molecule has 0 saturated carbocycles. The summed E-state index contributed by atoms with van der Waals surface area (Å²) in [6.07, 6.45) is 0.972. The van der Waals surface area contributed by atoms with Gasteiger partial charge in [-0.2, -0.15) is 4.99 Å². The molecule has 1 fully saturated rings. The zero-order valence-corrected chi connectivity index (χ0v) is 19.2. The highest BCUT2D eigenvalue weighted by Gasteiger charge is 2.34. The lowest BCUT2D eigenvalue weighted by Gasteiger charge is -2.34. The van der Waals surface area contributed by atoms with Gasteiger partial charge in [0.05, 0.1) is 19.0 Å². The molecule has 1 amide bonds. The second-order valence-corrected chi connectivity index (χ2v) is 10.5. The summed E-state index contributed by atoms with van der Waals surface area (Å²) in [5, 5.41) is 10.6. The summed E-state index contributed by atoms with van der Waals surface area (Å²) in [5.41, 5.74) is 3.24. The zero-order chi connectivity index (χ0) is 22.0. The van der Waals surface area contributed by atoms with Crippen LogP contribution in [0.2, 0.25) is 0 Å². The van der Waals surface area contributed by atoms with Crippen LogP contribution >= 0.6 is 10.5 Å². The maximum atomic E-state index is 12.5. The largest absolute Gasteiger partial charge is 0.508 e. The SMILES string of the molecule is CCC(C)(C)C(c1cccc(-c2ccc(O)cc2)c1)=S1CC(=O)N=C1N1CCOCC1. The van der Waals surface area contributed by atoms with Crippen LogP contribution in [0.25, 0.3) is 11.1 Å². The van der Waals surface area contributed by atoms with E-state index in [9.17, 15) is 9.90 Å². The molecule has 2 aromatic rings. The van der Waals surface area contributed by atoms with E-state index in [1.807, 2.05) is 12.1 Å². The fourth-order valence-electron chi connectivity index (χ4n) is 4.05. The van der Waals surface area contributed by atoms with Crippen LogP contribution in [0.4, 0.5) is 0 Å². The highest BCUT2D eigenvalue weighted by atomic mass is 32.2. The van der Waals surface area contributed by atoms with Crippen LogP contribution < -0.4 is 0 Å². The van der Waals surface area contributed by atoms with E-state index >= 15 is 0 Å². The van der Waals surface area contributed by atoms with Gasteiger partial charge in [0.1, 0.15) is 5.75 Å². The molecule has 1 atom stereocenters. The fraction of sp³-hybridized carbons (Fsp3) is 0.400. The number of ether oxygens (including phenoxy) is 1. The first-order chi connectivity index (χ1) is 14.9. The van der Waals surface area contributed by atoms with Gasteiger partial charge in [0, 0.05) is 13.1 Å². The molecule has 6 heteroatoms. The van der Waals surface area contributed by atoms with Crippen molar-refractivity contribution in [2.24, 2.45) is 10.4 Å². The minimum Gasteiger partial charge on any atom is -0.508 e. The number of carbonyl (C=O) groups excluding carboxylic acids is 1. The molecular formula is C25H30N2O3S. The van der Waals surface area contributed by atoms with Gasteiger partial charge in [-0.15, -0.1) is 10.5 Å². The van der Waals surface area contributed by atoms with Crippen molar-refractivity contribution >= 4 is 26.4 Å². The quantitative estimate of drug-likeness (QED) is 0.563. The Kier molecular flexibility index (Phi) is 6.30. The van der Waals surface area contributed by atoms with Gasteiger partial charge in [-0.25, -0.2) is 0 Å². The second kappa shape index (κ2) is 8.97. The first kappa shape index (κ1) is 21.8. The first-order valence-corrected chi connectivity index (χ1v) is 12.2. The molecule has 31 heavy (non-hydrogen) atoms. The van der Waals surface area contributed by atoms with Crippen LogP contribution in [0.1, 0.15) is 32.8 Å². The van der Waals surface area contributed by atoms with Gasteiger partial charge in [0.2, 0.25) is 0 Å². The van der Waals surface area contributed by atoms with Crippen LogP contribution in [0, 0.1) is 5.41 Å². The van der Waals surface area contributed by atoms with Crippen LogP contribution in [-0.4, -0.2) is 58.0 Å². The zero-order valence-electron chi connectivity index (χ0n) is 18.4. The number of carbonyl (C=O) groups is 1. The maximum Gasteiger partial charge on any atom is 0.258 e. The van der Waals surface area contributed by atoms with Gasteiger partial charge in [-0.05, 0) is 51.6 Å². The minimum atomic E-state index is -0.372. The Morgan fingerprint density at radius 3 is 2.52 bits per heavy atom. The number of hydrogen-bond donors (Lipinski definition) is 1. The highest BCUT2D eigenvalue weighted by Crippen LogP contribution is 2.39. The number of aromatic hydroxyl groups is 1. The van der Waals surface area contributed by atoms with Crippen molar-refractivity contribution in [3.63, 3.8) is 0 Å². The smallest absolute Gasteiger partial charge is 0.258 e. The summed E-state index contributed by atoms with van der Waals surface area (Å²) in [5.74, 6) is 0.690. The lowest BCUT2D eigenvalue weighted by Crippen LogP contribution is -2.40. The van der Waals surface area contributed by atoms with E-state index in [1.165, 1.54) is 4.86 Å². The van der Waals surface area contributed by atoms with Gasteiger partial charge in [-0.3, -0.25) is 4.79 Å². The number of hydrogen-bond acceptors (Lipinski definition) is 4. The Morgan fingerprint density at radius 2 is 1.84 bits per heavy atom. The molecule has 0 aliphatic carbocycles. The number of phenolic OH excluding ortho intramolecular Hbond substituents is 1. The molecular weight excluding hydrogens is 408 g/mol. The van der Waals surface area contributed by atoms with E-state index in [1.54, 1.807) is 12.1 Å². The first-order valence-electron chi connectivity index (χ1n) is 10.8. The molecule has 5 nitrogen and oxygen atoms in total. The maximum absolute atomic E-state index is 12.5. The monoisotopic (exact) mass is 438 g/mol. The number of phenols is 1. The molecule has 2 aliphatic rings. The topological polar surface area (TPSA) is 62.1 Å². The molecule has 0 aromatic heterocycles. The summed E-state index contributed by atoms with van der Waals surface area (Å²) in [4.78, 5) is 20.5. The molecule has 0 radical (unpaired) electrons. The summed E-state index contributed by atoms with van der Waals surface area (Å²) in [6.45, 7) is 9.65. The molecule has 0 spiro atoms. The molecule has 1 unspecified atom stereocenters. The molecule has 2 aliphatic heterocycles. The average Bonchev–Trinajstić information content (AvgIpc) is 3.16. The van der Waals surface area contributed by atoms with Crippen LogP contribution in [-0.2, 0) is 9.53 Å². The van der Waals surface area contributed by atoms with Gasteiger partial charge in [-0.1, -0.05) is 51.1 Å². The van der Waals surface area contributed by atoms with E-state index in [2.05, 4.69) is 54.9 Å². The highest BCUT2D eigenvalue weighted by molar-refractivity contribution is 8.29. The third kappa shape index (κ3) is 4.60. The van der Waals surface area contributed by atoms with Crippen molar-refractivity contribution in [2.45, 2.75) is 27.2 Å². The minimum absolute atomic E-state index is 0.0242. The van der Waals surface area contributed by atoms with Crippen molar-refractivity contribution < 1.29 is 14.6 Å². The number of amides is 1. The Bertz CT molecular complexity index is 1030.